The Labute approximate surface area is 146 Å². The molecule has 3 nitrogen and oxygen atoms in total. The van der Waals surface area contributed by atoms with Crippen molar-refractivity contribution in [2.45, 2.75) is 39.0 Å². The summed E-state index contributed by atoms with van der Waals surface area (Å²) in [5.41, 5.74) is 3.52. The van der Waals surface area contributed by atoms with Gasteiger partial charge < -0.3 is 14.8 Å². The first-order valence-corrected chi connectivity index (χ1v) is 8.74. The fourth-order valence-electron chi connectivity index (χ4n) is 2.44. The third-order valence-corrected chi connectivity index (χ3v) is 4.78. The van der Waals surface area contributed by atoms with Crippen LogP contribution in [-0.4, -0.2) is 13.2 Å². The summed E-state index contributed by atoms with van der Waals surface area (Å²) >= 11 is 3.64. The van der Waals surface area contributed by atoms with Crippen LogP contribution in [0.2, 0.25) is 0 Å². The van der Waals surface area contributed by atoms with Gasteiger partial charge in [-0.1, -0.05) is 45.8 Å². The molecule has 1 saturated carbocycles. The van der Waals surface area contributed by atoms with Gasteiger partial charge in [-0.25, -0.2) is 0 Å². The molecule has 0 bridgehead atoms. The zero-order valence-electron chi connectivity index (χ0n) is 13.6. The SMILES string of the molecule is COc1ccc(Br)c(CNC2CC2)c1OCc1ccc(C)cc1. The Balaban J connectivity index is 1.79. The third kappa shape index (κ3) is 4.27. The normalized spacial score (nSPS) is 13.9. The molecule has 1 fully saturated rings. The number of ether oxygens (including phenoxy) is 2. The Hall–Kier alpha value is -1.52. The minimum atomic E-state index is 0.531. The van der Waals surface area contributed by atoms with Crippen LogP contribution in [0, 0.1) is 6.92 Å². The fourth-order valence-corrected chi connectivity index (χ4v) is 2.89. The molecule has 4 heteroatoms. The molecule has 0 atom stereocenters. The first-order valence-electron chi connectivity index (χ1n) is 7.94. The highest BCUT2D eigenvalue weighted by Crippen LogP contribution is 2.37. The molecule has 0 amide bonds. The number of nitrogens with one attached hydrogen (secondary N) is 1. The summed E-state index contributed by atoms with van der Waals surface area (Å²) in [7, 11) is 1.68. The van der Waals surface area contributed by atoms with E-state index in [0.717, 1.165) is 33.6 Å². The molecule has 0 spiro atoms. The summed E-state index contributed by atoms with van der Waals surface area (Å²) in [6.45, 7) is 3.40. The van der Waals surface area contributed by atoms with Gasteiger partial charge in [-0.15, -0.1) is 0 Å². The van der Waals surface area contributed by atoms with E-state index in [1.54, 1.807) is 7.11 Å². The summed E-state index contributed by atoms with van der Waals surface area (Å²) in [4.78, 5) is 0. The van der Waals surface area contributed by atoms with Crippen LogP contribution < -0.4 is 14.8 Å². The van der Waals surface area contributed by atoms with Gasteiger partial charge in [0, 0.05) is 22.6 Å². The van der Waals surface area contributed by atoms with E-state index in [1.807, 2.05) is 12.1 Å². The van der Waals surface area contributed by atoms with E-state index in [0.29, 0.717) is 12.6 Å². The molecule has 122 valence electrons. The van der Waals surface area contributed by atoms with E-state index in [9.17, 15) is 0 Å². The number of rotatable bonds is 7. The highest BCUT2D eigenvalue weighted by molar-refractivity contribution is 9.10. The molecule has 1 aliphatic rings. The Morgan fingerprint density at radius 1 is 1.13 bits per heavy atom. The van der Waals surface area contributed by atoms with Gasteiger partial charge in [0.05, 0.1) is 7.11 Å². The first-order chi connectivity index (χ1) is 11.2. The maximum absolute atomic E-state index is 6.12. The van der Waals surface area contributed by atoms with Gasteiger partial charge in [0.1, 0.15) is 6.61 Å². The van der Waals surface area contributed by atoms with Gasteiger partial charge in [-0.2, -0.15) is 0 Å². The number of halogens is 1. The standard InChI is InChI=1S/C19H22BrNO2/c1-13-3-5-14(6-4-13)12-23-19-16(11-21-15-7-8-15)17(20)9-10-18(19)22-2/h3-6,9-10,15,21H,7-8,11-12H2,1-2H3. The van der Waals surface area contributed by atoms with E-state index >= 15 is 0 Å². The van der Waals surface area contributed by atoms with Crippen molar-refractivity contribution in [1.82, 2.24) is 5.32 Å². The largest absolute Gasteiger partial charge is 0.493 e. The lowest BCUT2D eigenvalue weighted by Gasteiger charge is -2.17. The van der Waals surface area contributed by atoms with Crippen LogP contribution in [0.3, 0.4) is 0 Å². The minimum absolute atomic E-state index is 0.531. The van der Waals surface area contributed by atoms with Crippen molar-refractivity contribution in [3.05, 3.63) is 57.6 Å². The Bertz CT molecular complexity index is 666. The summed E-state index contributed by atoms with van der Waals surface area (Å²) in [5, 5.41) is 3.55. The van der Waals surface area contributed by atoms with Crippen LogP contribution in [0.1, 0.15) is 29.5 Å². The lowest BCUT2D eigenvalue weighted by atomic mass is 10.1. The zero-order valence-corrected chi connectivity index (χ0v) is 15.2. The lowest BCUT2D eigenvalue weighted by Crippen LogP contribution is -2.16. The van der Waals surface area contributed by atoms with Gasteiger partial charge in [0.15, 0.2) is 11.5 Å². The topological polar surface area (TPSA) is 30.5 Å². The molecule has 0 aliphatic heterocycles. The molecule has 1 N–H and O–H groups in total. The van der Waals surface area contributed by atoms with Crippen molar-refractivity contribution in [1.29, 1.82) is 0 Å². The van der Waals surface area contributed by atoms with Crippen LogP contribution in [0.15, 0.2) is 40.9 Å². The van der Waals surface area contributed by atoms with E-state index in [1.165, 1.54) is 18.4 Å². The highest BCUT2D eigenvalue weighted by atomic mass is 79.9. The molecule has 0 heterocycles. The molecule has 3 rings (SSSR count). The maximum Gasteiger partial charge on any atom is 0.167 e. The quantitative estimate of drug-likeness (QED) is 0.766. The molecule has 0 radical (unpaired) electrons. The van der Waals surface area contributed by atoms with Crippen molar-refractivity contribution in [3.63, 3.8) is 0 Å². The van der Waals surface area contributed by atoms with Crippen molar-refractivity contribution >= 4 is 15.9 Å². The molecule has 23 heavy (non-hydrogen) atoms. The number of hydrogen-bond acceptors (Lipinski definition) is 3. The van der Waals surface area contributed by atoms with E-state index in [-0.39, 0.29) is 0 Å². The van der Waals surface area contributed by atoms with Crippen LogP contribution >= 0.6 is 15.9 Å². The smallest absolute Gasteiger partial charge is 0.167 e. The Morgan fingerprint density at radius 3 is 2.52 bits per heavy atom. The molecule has 2 aromatic carbocycles. The number of hydrogen-bond donors (Lipinski definition) is 1. The molecule has 0 aromatic heterocycles. The van der Waals surface area contributed by atoms with Crippen LogP contribution in [-0.2, 0) is 13.2 Å². The summed E-state index contributed by atoms with van der Waals surface area (Å²) in [6, 6.07) is 13.0. The molecular formula is C19H22BrNO2. The van der Waals surface area contributed by atoms with Crippen molar-refractivity contribution in [2.24, 2.45) is 0 Å². The van der Waals surface area contributed by atoms with Gasteiger partial charge in [-0.05, 0) is 37.5 Å². The van der Waals surface area contributed by atoms with Crippen LogP contribution in [0.4, 0.5) is 0 Å². The minimum Gasteiger partial charge on any atom is -0.493 e. The molecule has 0 unspecified atom stereocenters. The summed E-state index contributed by atoms with van der Waals surface area (Å²) in [6.07, 6.45) is 2.53. The highest BCUT2D eigenvalue weighted by Gasteiger charge is 2.22. The summed E-state index contributed by atoms with van der Waals surface area (Å²) in [5.74, 6) is 1.59. The average molecular weight is 376 g/mol. The van der Waals surface area contributed by atoms with E-state index < -0.39 is 0 Å². The van der Waals surface area contributed by atoms with Gasteiger partial charge >= 0.3 is 0 Å². The predicted molar refractivity (Wildman–Crippen MR) is 96.1 cm³/mol. The lowest BCUT2D eigenvalue weighted by molar-refractivity contribution is 0.280. The van der Waals surface area contributed by atoms with Gasteiger partial charge in [0.2, 0.25) is 0 Å². The van der Waals surface area contributed by atoms with Gasteiger partial charge in [-0.3, -0.25) is 0 Å². The molecule has 2 aromatic rings. The van der Waals surface area contributed by atoms with Crippen molar-refractivity contribution < 1.29 is 9.47 Å². The van der Waals surface area contributed by atoms with Crippen molar-refractivity contribution in [3.8, 4) is 11.5 Å². The molecular weight excluding hydrogens is 354 g/mol. The van der Waals surface area contributed by atoms with Gasteiger partial charge in [0.25, 0.3) is 0 Å². The fraction of sp³-hybridized carbons (Fsp3) is 0.368. The summed E-state index contributed by atoms with van der Waals surface area (Å²) < 4.78 is 12.7. The Kier molecular flexibility index (Phi) is 5.23. The second-order valence-electron chi connectivity index (χ2n) is 5.99. The maximum atomic E-state index is 6.12. The molecule has 0 saturated heterocycles. The average Bonchev–Trinajstić information content (AvgIpc) is 3.38. The Morgan fingerprint density at radius 2 is 1.87 bits per heavy atom. The second kappa shape index (κ2) is 7.37. The van der Waals surface area contributed by atoms with Crippen molar-refractivity contribution in [2.75, 3.05) is 7.11 Å². The first kappa shape index (κ1) is 16.3. The second-order valence-corrected chi connectivity index (χ2v) is 6.84. The van der Waals surface area contributed by atoms with E-state index in [4.69, 9.17) is 9.47 Å². The van der Waals surface area contributed by atoms with Crippen LogP contribution in [0.5, 0.6) is 11.5 Å². The number of aryl methyl sites for hydroxylation is 1. The van der Waals surface area contributed by atoms with E-state index in [2.05, 4.69) is 52.4 Å². The third-order valence-electron chi connectivity index (χ3n) is 4.04. The van der Waals surface area contributed by atoms with Crippen LogP contribution in [0.25, 0.3) is 0 Å². The predicted octanol–water partition coefficient (Wildman–Crippen LogP) is 4.60. The zero-order chi connectivity index (χ0) is 16.2. The molecule has 1 aliphatic carbocycles. The number of methoxy groups -OCH3 is 1. The monoisotopic (exact) mass is 375 g/mol. The number of benzene rings is 2.